The highest BCUT2D eigenvalue weighted by molar-refractivity contribution is 5.67. The molecule has 2 aromatic carbocycles. The van der Waals surface area contributed by atoms with Gasteiger partial charge in [-0.3, -0.25) is 4.90 Å². The summed E-state index contributed by atoms with van der Waals surface area (Å²) in [6.07, 6.45) is -0.935. The summed E-state index contributed by atoms with van der Waals surface area (Å²) in [5, 5.41) is 19.0. The summed E-state index contributed by atoms with van der Waals surface area (Å²) in [6.45, 7) is 5.95. The van der Waals surface area contributed by atoms with Crippen LogP contribution in [0.5, 0.6) is 5.75 Å². The molecule has 0 saturated heterocycles. The molecule has 2 aromatic rings. The molecule has 0 aliphatic carbocycles. The van der Waals surface area contributed by atoms with E-state index in [1.54, 1.807) is 18.2 Å². The van der Waals surface area contributed by atoms with Gasteiger partial charge >= 0.3 is 6.09 Å². The van der Waals surface area contributed by atoms with Crippen molar-refractivity contribution >= 4 is 6.09 Å². The van der Waals surface area contributed by atoms with E-state index in [1.807, 2.05) is 51.1 Å². The van der Waals surface area contributed by atoms with Crippen LogP contribution in [0.15, 0.2) is 48.5 Å². The van der Waals surface area contributed by atoms with E-state index in [2.05, 4.69) is 0 Å². The quantitative estimate of drug-likeness (QED) is 0.886. The number of phenols is 1. The number of phenolic OH excluding ortho intramolecular Hbond substituents is 1. The highest BCUT2D eigenvalue weighted by Gasteiger charge is 2.26. The van der Waals surface area contributed by atoms with Crippen LogP contribution < -0.4 is 0 Å². The Morgan fingerprint density at radius 2 is 1.64 bits per heavy atom. The molecule has 0 aromatic heterocycles. The Balaban J connectivity index is 2.30. The third-order valence-corrected chi connectivity index (χ3v) is 3.49. The van der Waals surface area contributed by atoms with Crippen LogP contribution in [0.4, 0.5) is 4.79 Å². The average molecular weight is 299 g/mol. The van der Waals surface area contributed by atoms with Crippen LogP contribution in [0.3, 0.4) is 0 Å². The van der Waals surface area contributed by atoms with Gasteiger partial charge in [0.15, 0.2) is 0 Å². The second-order valence-corrected chi connectivity index (χ2v) is 6.29. The summed E-state index contributed by atoms with van der Waals surface area (Å²) in [7, 11) is 0. The average Bonchev–Trinajstić information content (AvgIpc) is 2.43. The molecule has 0 saturated carbocycles. The predicted molar refractivity (Wildman–Crippen MR) is 86.9 cm³/mol. The number of benzene rings is 2. The Morgan fingerprint density at radius 1 is 1.05 bits per heavy atom. The maximum atomic E-state index is 11.4. The molecular formula is C18H21NO3. The molecule has 4 nitrogen and oxygen atoms in total. The third-order valence-electron chi connectivity index (χ3n) is 3.49. The van der Waals surface area contributed by atoms with Gasteiger partial charge in [0, 0.05) is 12.1 Å². The van der Waals surface area contributed by atoms with Crippen molar-refractivity contribution in [2.75, 3.05) is 0 Å². The van der Waals surface area contributed by atoms with Crippen LogP contribution in [0.1, 0.15) is 26.3 Å². The van der Waals surface area contributed by atoms with E-state index in [0.29, 0.717) is 6.54 Å². The van der Waals surface area contributed by atoms with Crippen molar-refractivity contribution in [3.63, 3.8) is 0 Å². The number of aromatic hydroxyl groups is 1. The van der Waals surface area contributed by atoms with Crippen molar-refractivity contribution in [2.24, 2.45) is 0 Å². The lowest BCUT2D eigenvalue weighted by atomic mass is 10.0. The maximum Gasteiger partial charge on any atom is 0.408 e. The summed E-state index contributed by atoms with van der Waals surface area (Å²) in [4.78, 5) is 12.9. The Labute approximate surface area is 130 Å². The summed E-state index contributed by atoms with van der Waals surface area (Å²) < 4.78 is 0. The first-order valence-electron chi connectivity index (χ1n) is 7.16. The van der Waals surface area contributed by atoms with Gasteiger partial charge in [0.2, 0.25) is 0 Å². The van der Waals surface area contributed by atoms with Gasteiger partial charge in [-0.25, -0.2) is 4.79 Å². The van der Waals surface area contributed by atoms with Crippen LogP contribution >= 0.6 is 0 Å². The van der Waals surface area contributed by atoms with Crippen LogP contribution in [-0.4, -0.2) is 26.7 Å². The standard InChI is InChI=1S/C18H21NO3/c1-18(2,3)19(17(21)22)12-13-6-4-7-14(10-13)15-8-5-9-16(20)11-15/h4-11,20H,12H2,1-3H3,(H,21,22). The summed E-state index contributed by atoms with van der Waals surface area (Å²) in [6, 6.07) is 14.7. The zero-order valence-electron chi connectivity index (χ0n) is 13.1. The minimum absolute atomic E-state index is 0.213. The lowest BCUT2D eigenvalue weighted by molar-refractivity contribution is 0.0956. The van der Waals surface area contributed by atoms with Crippen molar-refractivity contribution in [2.45, 2.75) is 32.9 Å². The minimum atomic E-state index is -0.935. The van der Waals surface area contributed by atoms with Crippen molar-refractivity contribution in [3.05, 3.63) is 54.1 Å². The number of hydrogen-bond donors (Lipinski definition) is 2. The van der Waals surface area contributed by atoms with Crippen LogP contribution in [0.2, 0.25) is 0 Å². The topological polar surface area (TPSA) is 60.8 Å². The first-order chi connectivity index (χ1) is 10.3. The fourth-order valence-corrected chi connectivity index (χ4v) is 2.31. The molecule has 1 amide bonds. The fraction of sp³-hybridized carbons (Fsp3) is 0.278. The van der Waals surface area contributed by atoms with Gasteiger partial charge in [-0.05, 0) is 55.7 Å². The molecule has 0 aliphatic rings. The molecular weight excluding hydrogens is 278 g/mol. The first kappa shape index (κ1) is 15.9. The van der Waals surface area contributed by atoms with E-state index in [1.165, 1.54) is 4.90 Å². The second kappa shape index (κ2) is 6.10. The van der Waals surface area contributed by atoms with Gasteiger partial charge in [-0.15, -0.1) is 0 Å². The fourth-order valence-electron chi connectivity index (χ4n) is 2.31. The Hall–Kier alpha value is -2.49. The molecule has 22 heavy (non-hydrogen) atoms. The molecule has 2 N–H and O–H groups in total. The second-order valence-electron chi connectivity index (χ2n) is 6.29. The lowest BCUT2D eigenvalue weighted by Crippen LogP contribution is -2.44. The molecule has 0 radical (unpaired) electrons. The molecule has 0 heterocycles. The molecule has 116 valence electrons. The summed E-state index contributed by atoms with van der Waals surface area (Å²) in [5.41, 5.74) is 2.30. The zero-order valence-corrected chi connectivity index (χ0v) is 13.1. The van der Waals surface area contributed by atoms with E-state index in [-0.39, 0.29) is 5.75 Å². The molecule has 0 fully saturated rings. The highest BCUT2D eigenvalue weighted by atomic mass is 16.4. The number of hydrogen-bond acceptors (Lipinski definition) is 2. The van der Waals surface area contributed by atoms with Crippen LogP contribution in [0, 0.1) is 0 Å². The summed E-state index contributed by atoms with van der Waals surface area (Å²) >= 11 is 0. The van der Waals surface area contributed by atoms with E-state index >= 15 is 0 Å². The predicted octanol–water partition coefficient (Wildman–Crippen LogP) is 4.34. The van der Waals surface area contributed by atoms with Crippen molar-refractivity contribution in [3.8, 4) is 16.9 Å². The molecule has 0 atom stereocenters. The number of nitrogens with zero attached hydrogens (tertiary/aromatic N) is 1. The van der Waals surface area contributed by atoms with E-state index in [9.17, 15) is 15.0 Å². The van der Waals surface area contributed by atoms with Gasteiger partial charge in [0.05, 0.1) is 0 Å². The van der Waals surface area contributed by atoms with Gasteiger partial charge in [0.1, 0.15) is 5.75 Å². The molecule has 2 rings (SSSR count). The number of carboxylic acid groups (broad SMARTS) is 1. The SMILES string of the molecule is CC(C)(C)N(Cc1cccc(-c2cccc(O)c2)c1)C(=O)O. The molecule has 0 aliphatic heterocycles. The van der Waals surface area contributed by atoms with Crippen molar-refractivity contribution in [1.29, 1.82) is 0 Å². The first-order valence-corrected chi connectivity index (χ1v) is 7.16. The van der Waals surface area contributed by atoms with Gasteiger partial charge in [-0.1, -0.05) is 30.3 Å². The van der Waals surface area contributed by atoms with Gasteiger partial charge in [0.25, 0.3) is 0 Å². The monoisotopic (exact) mass is 299 g/mol. The Bertz CT molecular complexity index is 674. The molecule has 4 heteroatoms. The number of rotatable bonds is 3. The smallest absolute Gasteiger partial charge is 0.408 e. The third kappa shape index (κ3) is 3.79. The van der Waals surface area contributed by atoms with E-state index in [4.69, 9.17) is 0 Å². The highest BCUT2D eigenvalue weighted by Crippen LogP contribution is 2.25. The minimum Gasteiger partial charge on any atom is -0.508 e. The number of carbonyl (C=O) groups is 1. The largest absolute Gasteiger partial charge is 0.508 e. The van der Waals surface area contributed by atoms with Crippen molar-refractivity contribution in [1.82, 2.24) is 4.90 Å². The molecule has 0 bridgehead atoms. The Kier molecular flexibility index (Phi) is 4.40. The Morgan fingerprint density at radius 3 is 2.18 bits per heavy atom. The van der Waals surface area contributed by atoms with Crippen LogP contribution in [-0.2, 0) is 6.54 Å². The van der Waals surface area contributed by atoms with E-state index < -0.39 is 11.6 Å². The summed E-state index contributed by atoms with van der Waals surface area (Å²) in [5.74, 6) is 0.213. The van der Waals surface area contributed by atoms with Gasteiger partial charge in [-0.2, -0.15) is 0 Å². The number of amides is 1. The molecule has 0 spiro atoms. The normalized spacial score (nSPS) is 11.2. The molecule has 0 unspecified atom stereocenters. The zero-order chi connectivity index (χ0) is 16.3. The lowest BCUT2D eigenvalue weighted by Gasteiger charge is -2.33. The maximum absolute atomic E-state index is 11.4. The van der Waals surface area contributed by atoms with Crippen molar-refractivity contribution < 1.29 is 15.0 Å². The van der Waals surface area contributed by atoms with Crippen LogP contribution in [0.25, 0.3) is 11.1 Å². The van der Waals surface area contributed by atoms with E-state index in [0.717, 1.165) is 16.7 Å². The van der Waals surface area contributed by atoms with Gasteiger partial charge < -0.3 is 10.2 Å².